The maximum absolute atomic E-state index is 5.89. The second-order valence-corrected chi connectivity index (χ2v) is 5.38. The first kappa shape index (κ1) is 11.4. The van der Waals surface area contributed by atoms with Crippen LogP contribution in [-0.2, 0) is 0 Å². The highest BCUT2D eigenvalue weighted by Crippen LogP contribution is 2.29. The molecule has 0 aromatic carbocycles. The Morgan fingerprint density at radius 2 is 1.87 bits per heavy atom. The van der Waals surface area contributed by atoms with Gasteiger partial charge in [-0.25, -0.2) is 0 Å². The van der Waals surface area contributed by atoms with Crippen molar-refractivity contribution in [1.82, 2.24) is 9.80 Å². The third kappa shape index (κ3) is 4.09. The molecule has 1 heterocycles. The van der Waals surface area contributed by atoms with Gasteiger partial charge in [0.2, 0.25) is 0 Å². The highest BCUT2D eigenvalue weighted by Gasteiger charge is 2.23. The molecule has 1 saturated carbocycles. The summed E-state index contributed by atoms with van der Waals surface area (Å²) in [6.45, 7) is 6.19. The van der Waals surface area contributed by atoms with Crippen LogP contribution in [0.4, 0.5) is 0 Å². The summed E-state index contributed by atoms with van der Waals surface area (Å²) < 4.78 is 0. The SMILES string of the molecule is CN(CCN1CCC(N)CC1)CC1CC1. The van der Waals surface area contributed by atoms with E-state index in [9.17, 15) is 0 Å². The van der Waals surface area contributed by atoms with Crippen LogP contribution in [0.15, 0.2) is 0 Å². The Balaban J connectivity index is 1.56. The van der Waals surface area contributed by atoms with E-state index in [1.54, 1.807) is 0 Å². The van der Waals surface area contributed by atoms with Gasteiger partial charge in [-0.05, 0) is 51.7 Å². The van der Waals surface area contributed by atoms with Crippen molar-refractivity contribution in [2.24, 2.45) is 11.7 Å². The topological polar surface area (TPSA) is 32.5 Å². The van der Waals surface area contributed by atoms with E-state index in [2.05, 4.69) is 16.8 Å². The van der Waals surface area contributed by atoms with E-state index in [1.807, 2.05) is 0 Å². The van der Waals surface area contributed by atoms with Crippen LogP contribution in [0.3, 0.4) is 0 Å². The molecule has 0 spiro atoms. The van der Waals surface area contributed by atoms with Gasteiger partial charge in [0.15, 0.2) is 0 Å². The van der Waals surface area contributed by atoms with Gasteiger partial charge >= 0.3 is 0 Å². The summed E-state index contributed by atoms with van der Waals surface area (Å²) in [6, 6.07) is 0.463. The summed E-state index contributed by atoms with van der Waals surface area (Å²) in [5.41, 5.74) is 5.89. The molecule has 1 aliphatic carbocycles. The first-order valence-corrected chi connectivity index (χ1v) is 6.40. The van der Waals surface area contributed by atoms with Crippen molar-refractivity contribution >= 4 is 0 Å². The molecule has 0 bridgehead atoms. The summed E-state index contributed by atoms with van der Waals surface area (Å²) in [7, 11) is 2.26. The second kappa shape index (κ2) is 5.28. The van der Waals surface area contributed by atoms with Gasteiger partial charge in [-0.15, -0.1) is 0 Å². The van der Waals surface area contributed by atoms with E-state index in [0.29, 0.717) is 6.04 Å². The number of hydrogen-bond donors (Lipinski definition) is 1. The third-order valence-electron chi connectivity index (χ3n) is 3.70. The van der Waals surface area contributed by atoms with E-state index >= 15 is 0 Å². The maximum atomic E-state index is 5.89. The van der Waals surface area contributed by atoms with Gasteiger partial charge in [0, 0.05) is 25.7 Å². The summed E-state index contributed by atoms with van der Waals surface area (Å²) >= 11 is 0. The van der Waals surface area contributed by atoms with Crippen LogP contribution in [0.2, 0.25) is 0 Å². The Morgan fingerprint density at radius 3 is 2.47 bits per heavy atom. The second-order valence-electron chi connectivity index (χ2n) is 5.38. The fourth-order valence-corrected chi connectivity index (χ4v) is 2.32. The van der Waals surface area contributed by atoms with E-state index < -0.39 is 0 Å². The van der Waals surface area contributed by atoms with Crippen molar-refractivity contribution < 1.29 is 0 Å². The maximum Gasteiger partial charge on any atom is 0.0109 e. The minimum absolute atomic E-state index is 0.463. The van der Waals surface area contributed by atoms with Gasteiger partial charge in [0.25, 0.3) is 0 Å². The molecule has 1 saturated heterocycles. The molecule has 2 N–H and O–H groups in total. The molecule has 1 aliphatic heterocycles. The Labute approximate surface area is 93.6 Å². The molecule has 2 aliphatic rings. The van der Waals surface area contributed by atoms with Crippen molar-refractivity contribution in [3.8, 4) is 0 Å². The summed E-state index contributed by atoms with van der Waals surface area (Å²) in [5.74, 6) is 1.02. The molecule has 88 valence electrons. The minimum Gasteiger partial charge on any atom is -0.328 e. The van der Waals surface area contributed by atoms with Crippen molar-refractivity contribution in [3.05, 3.63) is 0 Å². The number of likely N-dealkylation sites (N-methyl/N-ethyl adjacent to an activating group) is 1. The Morgan fingerprint density at radius 1 is 1.20 bits per heavy atom. The highest BCUT2D eigenvalue weighted by atomic mass is 15.2. The van der Waals surface area contributed by atoms with Crippen LogP contribution >= 0.6 is 0 Å². The molecule has 0 unspecified atom stereocenters. The molecule has 0 atom stereocenters. The molecule has 0 radical (unpaired) electrons. The monoisotopic (exact) mass is 211 g/mol. The number of likely N-dealkylation sites (tertiary alicyclic amines) is 1. The lowest BCUT2D eigenvalue weighted by molar-refractivity contribution is 0.184. The molecule has 15 heavy (non-hydrogen) atoms. The molecule has 2 rings (SSSR count). The number of nitrogens with two attached hydrogens (primary N) is 1. The van der Waals surface area contributed by atoms with Crippen LogP contribution in [0.25, 0.3) is 0 Å². The van der Waals surface area contributed by atoms with Crippen LogP contribution in [0.1, 0.15) is 25.7 Å². The van der Waals surface area contributed by atoms with Crippen LogP contribution in [-0.4, -0.2) is 55.6 Å². The average molecular weight is 211 g/mol. The molecular formula is C12H25N3. The largest absolute Gasteiger partial charge is 0.328 e. The molecule has 0 aromatic rings. The van der Waals surface area contributed by atoms with Crippen molar-refractivity contribution in [2.45, 2.75) is 31.7 Å². The normalized spacial score (nSPS) is 25.0. The molecule has 3 nitrogen and oxygen atoms in total. The van der Waals surface area contributed by atoms with Crippen molar-refractivity contribution in [1.29, 1.82) is 0 Å². The lowest BCUT2D eigenvalue weighted by atomic mass is 10.1. The summed E-state index contributed by atoms with van der Waals surface area (Å²) in [4.78, 5) is 5.05. The zero-order valence-electron chi connectivity index (χ0n) is 9.99. The minimum atomic E-state index is 0.463. The van der Waals surface area contributed by atoms with Crippen LogP contribution < -0.4 is 5.73 Å². The van der Waals surface area contributed by atoms with E-state index in [4.69, 9.17) is 5.73 Å². The lowest BCUT2D eigenvalue weighted by Gasteiger charge is -2.31. The van der Waals surface area contributed by atoms with Gasteiger partial charge in [-0.2, -0.15) is 0 Å². The number of rotatable bonds is 5. The fourth-order valence-electron chi connectivity index (χ4n) is 2.32. The van der Waals surface area contributed by atoms with Gasteiger partial charge < -0.3 is 15.5 Å². The fraction of sp³-hybridized carbons (Fsp3) is 1.00. The predicted octanol–water partition coefficient (Wildman–Crippen LogP) is 0.751. The van der Waals surface area contributed by atoms with E-state index in [1.165, 1.54) is 58.4 Å². The Bertz CT molecular complexity index is 183. The standard InChI is InChI=1S/C12H25N3/c1-14(10-11-2-3-11)8-9-15-6-4-12(13)5-7-15/h11-12H,2-10,13H2,1H3. The third-order valence-corrected chi connectivity index (χ3v) is 3.70. The smallest absolute Gasteiger partial charge is 0.0109 e. The van der Waals surface area contributed by atoms with E-state index in [0.717, 1.165) is 5.92 Å². The number of nitrogens with zero attached hydrogens (tertiary/aromatic N) is 2. The predicted molar refractivity (Wildman–Crippen MR) is 63.9 cm³/mol. The van der Waals surface area contributed by atoms with E-state index in [-0.39, 0.29) is 0 Å². The zero-order chi connectivity index (χ0) is 10.7. The lowest BCUT2D eigenvalue weighted by Crippen LogP contribution is -2.42. The molecule has 0 aromatic heterocycles. The first-order valence-electron chi connectivity index (χ1n) is 6.40. The quantitative estimate of drug-likeness (QED) is 0.728. The summed E-state index contributed by atoms with van der Waals surface area (Å²) in [6.07, 6.45) is 5.30. The Kier molecular flexibility index (Phi) is 4.00. The summed E-state index contributed by atoms with van der Waals surface area (Å²) in [5, 5.41) is 0. The van der Waals surface area contributed by atoms with Crippen molar-refractivity contribution in [3.63, 3.8) is 0 Å². The van der Waals surface area contributed by atoms with Crippen molar-refractivity contribution in [2.75, 3.05) is 39.8 Å². The van der Waals surface area contributed by atoms with Crippen LogP contribution in [0, 0.1) is 5.92 Å². The molecule has 0 amide bonds. The van der Waals surface area contributed by atoms with Gasteiger partial charge in [-0.1, -0.05) is 0 Å². The molecule has 3 heteroatoms. The van der Waals surface area contributed by atoms with Crippen LogP contribution in [0.5, 0.6) is 0 Å². The van der Waals surface area contributed by atoms with Gasteiger partial charge in [0.05, 0.1) is 0 Å². The average Bonchev–Trinajstić information content (AvgIpc) is 3.01. The number of hydrogen-bond acceptors (Lipinski definition) is 3. The molecule has 2 fully saturated rings. The first-order chi connectivity index (χ1) is 7.24. The molecular weight excluding hydrogens is 186 g/mol. The Hall–Kier alpha value is -0.120. The van der Waals surface area contributed by atoms with Gasteiger partial charge in [0.1, 0.15) is 0 Å². The van der Waals surface area contributed by atoms with Gasteiger partial charge in [-0.3, -0.25) is 0 Å². The zero-order valence-corrected chi connectivity index (χ0v) is 9.99. The highest BCUT2D eigenvalue weighted by molar-refractivity contribution is 4.78. The number of piperidine rings is 1.